The van der Waals surface area contributed by atoms with Crippen molar-refractivity contribution in [3.05, 3.63) is 111 Å². The smallest absolute Gasteiger partial charge is 0.338 e. The van der Waals surface area contributed by atoms with Gasteiger partial charge in [-0.05, 0) is 50.2 Å². The Morgan fingerprint density at radius 3 is 2.21 bits per heavy atom. The zero-order valence-corrected chi connectivity index (χ0v) is 20.9. The van der Waals surface area contributed by atoms with Gasteiger partial charge < -0.3 is 18.8 Å². The predicted octanol–water partition coefficient (Wildman–Crippen LogP) is 5.54. The number of benzene rings is 3. The summed E-state index contributed by atoms with van der Waals surface area (Å²) in [5.41, 5.74) is 3.60. The summed E-state index contributed by atoms with van der Waals surface area (Å²) in [4.78, 5) is 36.2. The highest BCUT2D eigenvalue weighted by molar-refractivity contribution is 5.90. The first kappa shape index (κ1) is 25.2. The van der Waals surface area contributed by atoms with Gasteiger partial charge in [0.1, 0.15) is 25.0 Å². The van der Waals surface area contributed by atoms with E-state index >= 15 is 0 Å². The fraction of sp³-hybridized carbons (Fsp3) is 0.241. The molecule has 0 radical (unpaired) electrons. The SMILES string of the molecule is Cc1ccc(C(=O)OC[C@@H]2O[C@@H](n3ccc4cc([N+](=O)[O-])ccc43)C[C@H]2OC(=O)c2ccc(C)cc2)cc1. The summed E-state index contributed by atoms with van der Waals surface area (Å²) in [6.07, 6.45) is 0.159. The van der Waals surface area contributed by atoms with E-state index in [0.717, 1.165) is 16.6 Å². The molecule has 9 heteroatoms. The first-order valence-electron chi connectivity index (χ1n) is 12.2. The molecule has 1 aliphatic heterocycles. The summed E-state index contributed by atoms with van der Waals surface area (Å²) in [5.74, 6) is -0.999. The molecule has 1 aliphatic rings. The number of hydrogen-bond acceptors (Lipinski definition) is 7. The molecule has 0 saturated carbocycles. The van der Waals surface area contributed by atoms with Gasteiger partial charge in [-0.2, -0.15) is 0 Å². The van der Waals surface area contributed by atoms with Crippen LogP contribution in [0.25, 0.3) is 10.9 Å². The van der Waals surface area contributed by atoms with Crippen LogP contribution < -0.4 is 0 Å². The second-order valence-electron chi connectivity index (χ2n) is 9.36. The molecule has 5 rings (SSSR count). The van der Waals surface area contributed by atoms with Crippen molar-refractivity contribution >= 4 is 28.5 Å². The van der Waals surface area contributed by atoms with Crippen molar-refractivity contribution in [2.45, 2.75) is 38.7 Å². The molecule has 0 amide bonds. The van der Waals surface area contributed by atoms with Crippen molar-refractivity contribution in [1.82, 2.24) is 4.57 Å². The number of nitro groups is 1. The highest BCUT2D eigenvalue weighted by Gasteiger charge is 2.40. The molecule has 3 aromatic carbocycles. The number of rotatable bonds is 7. The molecule has 38 heavy (non-hydrogen) atoms. The van der Waals surface area contributed by atoms with Crippen molar-refractivity contribution in [2.24, 2.45) is 0 Å². The number of aromatic nitrogens is 1. The molecule has 1 fully saturated rings. The second-order valence-corrected chi connectivity index (χ2v) is 9.36. The third-order valence-corrected chi connectivity index (χ3v) is 6.62. The van der Waals surface area contributed by atoms with E-state index in [-0.39, 0.29) is 12.3 Å². The number of aryl methyl sites for hydroxylation is 2. The largest absolute Gasteiger partial charge is 0.459 e. The van der Waals surface area contributed by atoms with Crippen LogP contribution in [0.3, 0.4) is 0 Å². The van der Waals surface area contributed by atoms with Crippen LogP contribution in [0.4, 0.5) is 5.69 Å². The van der Waals surface area contributed by atoms with Crippen molar-refractivity contribution in [2.75, 3.05) is 6.61 Å². The van der Waals surface area contributed by atoms with Crippen LogP contribution >= 0.6 is 0 Å². The standard InChI is InChI=1S/C29H26N2O7/c1-18-3-7-20(8-4-18)28(32)36-17-26-25(38-29(33)21-9-5-19(2)6-10-21)16-27(37-26)30-14-13-22-15-23(31(34)35)11-12-24(22)30/h3-15,25-27H,16-17H2,1-2H3/t25-,26+,27-/m1/s1. The third kappa shape index (κ3) is 5.28. The zero-order chi connectivity index (χ0) is 26.8. The monoisotopic (exact) mass is 514 g/mol. The van der Waals surface area contributed by atoms with Gasteiger partial charge in [-0.25, -0.2) is 9.59 Å². The van der Waals surface area contributed by atoms with Crippen LogP contribution in [0.5, 0.6) is 0 Å². The molecule has 0 bridgehead atoms. The van der Waals surface area contributed by atoms with Gasteiger partial charge in [0.15, 0.2) is 0 Å². The van der Waals surface area contributed by atoms with Crippen molar-refractivity contribution in [3.8, 4) is 0 Å². The van der Waals surface area contributed by atoms with Crippen molar-refractivity contribution < 1.29 is 28.7 Å². The Morgan fingerprint density at radius 2 is 1.58 bits per heavy atom. The normalized spacial score (nSPS) is 18.8. The van der Waals surface area contributed by atoms with Gasteiger partial charge in [-0.3, -0.25) is 10.1 Å². The predicted molar refractivity (Wildman–Crippen MR) is 139 cm³/mol. The molecule has 0 N–H and O–H groups in total. The Hall–Kier alpha value is -4.50. The number of nitro benzene ring substituents is 1. The molecule has 0 spiro atoms. The lowest BCUT2D eigenvalue weighted by Crippen LogP contribution is -2.32. The summed E-state index contributed by atoms with van der Waals surface area (Å²) in [6, 6.07) is 20.4. The fourth-order valence-electron chi connectivity index (χ4n) is 4.49. The van der Waals surface area contributed by atoms with E-state index in [9.17, 15) is 19.7 Å². The van der Waals surface area contributed by atoms with Gasteiger partial charge in [0, 0.05) is 30.1 Å². The highest BCUT2D eigenvalue weighted by Crippen LogP contribution is 2.35. The molecule has 9 nitrogen and oxygen atoms in total. The van der Waals surface area contributed by atoms with E-state index < -0.39 is 35.3 Å². The number of nitrogens with zero attached hydrogens (tertiary/aromatic N) is 2. The number of esters is 2. The van der Waals surface area contributed by atoms with Crippen LogP contribution in [-0.2, 0) is 14.2 Å². The van der Waals surface area contributed by atoms with Gasteiger partial charge in [0.2, 0.25) is 0 Å². The third-order valence-electron chi connectivity index (χ3n) is 6.62. The molecule has 4 aromatic rings. The van der Waals surface area contributed by atoms with Crippen LogP contribution in [-0.4, -0.2) is 40.2 Å². The Labute approximate surface area is 218 Å². The molecule has 2 heterocycles. The topological polar surface area (TPSA) is 110 Å². The Kier molecular flexibility index (Phi) is 6.93. The molecule has 0 aliphatic carbocycles. The van der Waals surface area contributed by atoms with E-state index in [0.29, 0.717) is 22.9 Å². The summed E-state index contributed by atoms with van der Waals surface area (Å²) in [7, 11) is 0. The number of hydrogen-bond donors (Lipinski definition) is 0. The minimum atomic E-state index is -0.709. The van der Waals surface area contributed by atoms with Crippen LogP contribution in [0.15, 0.2) is 79.0 Å². The van der Waals surface area contributed by atoms with E-state index in [1.165, 1.54) is 12.1 Å². The summed E-state index contributed by atoms with van der Waals surface area (Å²) in [6.45, 7) is 3.75. The average Bonchev–Trinajstić information content (AvgIpc) is 3.51. The fourth-order valence-corrected chi connectivity index (χ4v) is 4.49. The van der Waals surface area contributed by atoms with Gasteiger partial charge in [0.05, 0.1) is 21.6 Å². The zero-order valence-electron chi connectivity index (χ0n) is 20.9. The first-order valence-corrected chi connectivity index (χ1v) is 12.2. The van der Waals surface area contributed by atoms with Crippen molar-refractivity contribution in [1.29, 1.82) is 0 Å². The Bertz CT molecular complexity index is 1490. The van der Waals surface area contributed by atoms with Crippen LogP contribution in [0.1, 0.15) is 44.5 Å². The molecule has 3 atom stereocenters. The van der Waals surface area contributed by atoms with Gasteiger partial charge in [0.25, 0.3) is 5.69 Å². The number of carbonyl (C=O) groups excluding carboxylic acids is 2. The molecule has 0 unspecified atom stereocenters. The summed E-state index contributed by atoms with van der Waals surface area (Å²) >= 11 is 0. The quantitative estimate of drug-likeness (QED) is 0.181. The number of fused-ring (bicyclic) bond motifs is 1. The van der Waals surface area contributed by atoms with E-state index in [4.69, 9.17) is 14.2 Å². The first-order chi connectivity index (χ1) is 18.3. The maximum absolute atomic E-state index is 12.9. The van der Waals surface area contributed by atoms with Crippen LogP contribution in [0, 0.1) is 24.0 Å². The maximum Gasteiger partial charge on any atom is 0.338 e. The summed E-state index contributed by atoms with van der Waals surface area (Å²) < 4.78 is 19.5. The Balaban J connectivity index is 1.36. The lowest BCUT2D eigenvalue weighted by molar-refractivity contribution is -0.384. The highest BCUT2D eigenvalue weighted by atomic mass is 16.6. The Morgan fingerprint density at radius 1 is 0.947 bits per heavy atom. The molecular formula is C29H26N2O7. The maximum atomic E-state index is 12.9. The lowest BCUT2D eigenvalue weighted by atomic mass is 10.1. The number of ether oxygens (including phenoxy) is 3. The summed E-state index contributed by atoms with van der Waals surface area (Å²) in [5, 5.41) is 11.8. The minimum Gasteiger partial charge on any atom is -0.459 e. The number of carbonyl (C=O) groups is 2. The second kappa shape index (κ2) is 10.5. The molecule has 1 aromatic heterocycles. The molecule has 1 saturated heterocycles. The minimum absolute atomic E-state index is 0.00612. The van der Waals surface area contributed by atoms with E-state index in [2.05, 4.69) is 0 Å². The van der Waals surface area contributed by atoms with Gasteiger partial charge in [-0.15, -0.1) is 0 Å². The lowest BCUT2D eigenvalue weighted by Gasteiger charge is -2.19. The average molecular weight is 515 g/mol. The van der Waals surface area contributed by atoms with Crippen molar-refractivity contribution in [3.63, 3.8) is 0 Å². The van der Waals surface area contributed by atoms with E-state index in [1.54, 1.807) is 42.6 Å². The van der Waals surface area contributed by atoms with Crippen LogP contribution in [0.2, 0.25) is 0 Å². The van der Waals surface area contributed by atoms with Gasteiger partial charge >= 0.3 is 11.9 Å². The van der Waals surface area contributed by atoms with Gasteiger partial charge in [-0.1, -0.05) is 35.4 Å². The van der Waals surface area contributed by atoms with E-state index in [1.807, 2.05) is 42.7 Å². The molecule has 194 valence electrons. The number of non-ortho nitro benzene ring substituents is 1. The molecular weight excluding hydrogens is 488 g/mol.